The average molecular weight is 264 g/mol. The minimum atomic E-state index is -0.771. The van der Waals surface area contributed by atoms with E-state index in [1.807, 2.05) is 18.2 Å². The molecule has 0 aromatic heterocycles. The normalized spacial score (nSPS) is 11.5. The molecule has 1 aromatic rings. The van der Waals surface area contributed by atoms with Crippen LogP contribution in [0.4, 0.5) is 9.59 Å². The van der Waals surface area contributed by atoms with Crippen molar-refractivity contribution in [3.05, 3.63) is 35.4 Å². The van der Waals surface area contributed by atoms with Gasteiger partial charge in [0.2, 0.25) is 0 Å². The lowest BCUT2D eigenvalue weighted by atomic mass is 9.94. The van der Waals surface area contributed by atoms with Gasteiger partial charge in [0.15, 0.2) is 0 Å². The lowest BCUT2D eigenvalue weighted by Crippen LogP contribution is -2.30. The fourth-order valence-corrected chi connectivity index (χ4v) is 1.73. The summed E-state index contributed by atoms with van der Waals surface area (Å²) in [6.07, 6.45) is -0.495. The molecular formula is C14H20N2O3. The quantitative estimate of drug-likeness (QED) is 0.822. The molecule has 0 bridgehead atoms. The van der Waals surface area contributed by atoms with Crippen LogP contribution in [-0.4, -0.2) is 19.2 Å². The smallest absolute Gasteiger partial charge is 0.359 e. The predicted octanol–water partition coefficient (Wildman–Crippen LogP) is 2.77. The number of hydrogen-bond donors (Lipinski definition) is 2. The van der Waals surface area contributed by atoms with Crippen molar-refractivity contribution in [2.45, 2.75) is 32.7 Å². The summed E-state index contributed by atoms with van der Waals surface area (Å²) in [6.45, 7) is 4.60. The number of carbonyl (C=O) groups is 2. The summed E-state index contributed by atoms with van der Waals surface area (Å²) in [5, 5.41) is 4.77. The zero-order valence-electron chi connectivity index (χ0n) is 11.5. The second kappa shape index (κ2) is 7.41. The van der Waals surface area contributed by atoms with Crippen molar-refractivity contribution in [2.24, 2.45) is 0 Å². The third kappa shape index (κ3) is 4.62. The first-order valence-corrected chi connectivity index (χ1v) is 6.33. The van der Waals surface area contributed by atoms with E-state index in [4.69, 9.17) is 0 Å². The second-order valence-corrected chi connectivity index (χ2v) is 4.29. The molecule has 0 radical (unpaired) electrons. The van der Waals surface area contributed by atoms with Gasteiger partial charge < -0.3 is 15.4 Å². The molecule has 0 heterocycles. The van der Waals surface area contributed by atoms with Crippen LogP contribution >= 0.6 is 0 Å². The topological polar surface area (TPSA) is 67.4 Å². The van der Waals surface area contributed by atoms with Crippen molar-refractivity contribution in [3.8, 4) is 0 Å². The highest BCUT2D eigenvalue weighted by atomic mass is 16.6. The molecule has 1 aromatic carbocycles. The molecule has 1 atom stereocenters. The Balaban J connectivity index is 2.62. The molecule has 0 aliphatic heterocycles. The first-order chi connectivity index (χ1) is 9.08. The molecule has 104 valence electrons. The van der Waals surface area contributed by atoms with Gasteiger partial charge in [-0.1, -0.05) is 38.1 Å². The number of hydrogen-bond acceptors (Lipinski definition) is 3. The zero-order chi connectivity index (χ0) is 14.3. The number of amides is 2. The van der Waals surface area contributed by atoms with E-state index >= 15 is 0 Å². The minimum absolute atomic E-state index is 0.344. The van der Waals surface area contributed by atoms with E-state index in [9.17, 15) is 9.59 Å². The Morgan fingerprint density at radius 3 is 2.58 bits per heavy atom. The molecule has 1 unspecified atom stereocenters. The van der Waals surface area contributed by atoms with Crippen molar-refractivity contribution in [1.82, 2.24) is 10.6 Å². The Hall–Kier alpha value is -2.04. The molecule has 2 N–H and O–H groups in total. The van der Waals surface area contributed by atoms with Gasteiger partial charge in [-0.05, 0) is 23.5 Å². The lowest BCUT2D eigenvalue weighted by molar-refractivity contribution is 0.151. The van der Waals surface area contributed by atoms with Gasteiger partial charge >= 0.3 is 12.2 Å². The van der Waals surface area contributed by atoms with E-state index in [1.54, 1.807) is 0 Å². The molecule has 5 heteroatoms. The van der Waals surface area contributed by atoms with Gasteiger partial charge in [-0.2, -0.15) is 0 Å². The van der Waals surface area contributed by atoms with Gasteiger partial charge in [0.1, 0.15) is 0 Å². The van der Waals surface area contributed by atoms with Crippen LogP contribution in [0.25, 0.3) is 0 Å². The molecule has 0 fully saturated rings. The molecule has 2 amide bonds. The van der Waals surface area contributed by atoms with Crippen molar-refractivity contribution in [1.29, 1.82) is 0 Å². The Bertz CT molecular complexity index is 446. The third-order valence-electron chi connectivity index (χ3n) is 3.01. The van der Waals surface area contributed by atoms with E-state index in [1.165, 1.54) is 12.6 Å². The summed E-state index contributed by atoms with van der Waals surface area (Å²) < 4.78 is 4.45. The Morgan fingerprint density at radius 2 is 1.95 bits per heavy atom. The third-order valence-corrected chi connectivity index (χ3v) is 3.01. The highest BCUT2D eigenvalue weighted by molar-refractivity contribution is 5.83. The van der Waals surface area contributed by atoms with Crippen LogP contribution in [0.5, 0.6) is 0 Å². The molecule has 0 aliphatic carbocycles. The maximum atomic E-state index is 11.3. The van der Waals surface area contributed by atoms with Gasteiger partial charge in [-0.3, -0.25) is 0 Å². The van der Waals surface area contributed by atoms with Crippen LogP contribution in [-0.2, 0) is 11.3 Å². The van der Waals surface area contributed by atoms with E-state index in [0.29, 0.717) is 12.5 Å². The van der Waals surface area contributed by atoms with Gasteiger partial charge in [-0.15, -0.1) is 0 Å². The van der Waals surface area contributed by atoms with Gasteiger partial charge in [0.25, 0.3) is 0 Å². The Labute approximate surface area is 113 Å². The van der Waals surface area contributed by atoms with Crippen LogP contribution in [0.3, 0.4) is 0 Å². The highest BCUT2D eigenvalue weighted by Gasteiger charge is 2.11. The van der Waals surface area contributed by atoms with Crippen LogP contribution in [0.15, 0.2) is 24.3 Å². The fraction of sp³-hybridized carbons (Fsp3) is 0.429. The molecular weight excluding hydrogens is 244 g/mol. The van der Waals surface area contributed by atoms with Gasteiger partial charge in [0.05, 0.1) is 0 Å². The van der Waals surface area contributed by atoms with Gasteiger partial charge in [-0.25, -0.2) is 9.59 Å². The molecule has 0 saturated heterocycles. The van der Waals surface area contributed by atoms with Crippen LogP contribution in [0.1, 0.15) is 37.3 Å². The number of nitrogens with one attached hydrogen (secondary N) is 2. The van der Waals surface area contributed by atoms with Gasteiger partial charge in [0, 0.05) is 13.6 Å². The average Bonchev–Trinajstić information content (AvgIpc) is 2.44. The second-order valence-electron chi connectivity index (χ2n) is 4.29. The Morgan fingerprint density at radius 1 is 1.26 bits per heavy atom. The number of ether oxygens (including phenoxy) is 1. The molecule has 1 rings (SSSR count). The summed E-state index contributed by atoms with van der Waals surface area (Å²) >= 11 is 0. The largest absolute Gasteiger partial charge is 0.416 e. The van der Waals surface area contributed by atoms with Crippen molar-refractivity contribution < 1.29 is 14.3 Å². The highest BCUT2D eigenvalue weighted by Crippen LogP contribution is 2.22. The van der Waals surface area contributed by atoms with Crippen LogP contribution < -0.4 is 10.6 Å². The number of rotatable bonds is 4. The Kier molecular flexibility index (Phi) is 5.85. The summed E-state index contributed by atoms with van der Waals surface area (Å²) in [5.41, 5.74) is 2.23. The summed E-state index contributed by atoms with van der Waals surface area (Å²) in [5.74, 6) is 0.424. The lowest BCUT2D eigenvalue weighted by Gasteiger charge is -2.15. The summed E-state index contributed by atoms with van der Waals surface area (Å²) in [4.78, 5) is 22.2. The van der Waals surface area contributed by atoms with Crippen molar-refractivity contribution >= 4 is 12.2 Å². The number of carbonyl (C=O) groups excluding carboxylic acids is 2. The molecule has 0 saturated carbocycles. The fourth-order valence-electron chi connectivity index (χ4n) is 1.73. The van der Waals surface area contributed by atoms with E-state index in [2.05, 4.69) is 35.3 Å². The first-order valence-electron chi connectivity index (χ1n) is 6.33. The molecule has 19 heavy (non-hydrogen) atoms. The number of benzene rings is 1. The van der Waals surface area contributed by atoms with Crippen molar-refractivity contribution in [2.75, 3.05) is 7.05 Å². The molecule has 5 nitrogen and oxygen atoms in total. The predicted molar refractivity (Wildman–Crippen MR) is 72.9 cm³/mol. The van der Waals surface area contributed by atoms with Crippen molar-refractivity contribution in [3.63, 3.8) is 0 Å². The monoisotopic (exact) mass is 264 g/mol. The molecule has 0 aliphatic rings. The standard InChI is InChI=1S/C14H20N2O3/c1-4-10(2)12-8-6-5-7-11(12)9-16-14(18)19-13(17)15-3/h5-8,10H,4,9H2,1-3H3,(H,15,17)(H,16,18). The minimum Gasteiger partial charge on any atom is -0.359 e. The first kappa shape index (κ1) is 15.0. The zero-order valence-corrected chi connectivity index (χ0v) is 11.5. The summed E-state index contributed by atoms with van der Waals surface area (Å²) in [6, 6.07) is 7.91. The van der Waals surface area contributed by atoms with E-state index in [-0.39, 0.29) is 0 Å². The van der Waals surface area contributed by atoms with E-state index in [0.717, 1.165) is 12.0 Å². The maximum absolute atomic E-state index is 11.3. The summed E-state index contributed by atoms with van der Waals surface area (Å²) in [7, 11) is 1.40. The maximum Gasteiger partial charge on any atom is 0.416 e. The van der Waals surface area contributed by atoms with Crippen LogP contribution in [0.2, 0.25) is 0 Å². The number of alkyl carbamates (subject to hydrolysis) is 2. The van der Waals surface area contributed by atoms with Crippen LogP contribution in [0, 0.1) is 0 Å². The SMILES string of the molecule is CCC(C)c1ccccc1CNC(=O)OC(=O)NC. The van der Waals surface area contributed by atoms with E-state index < -0.39 is 12.2 Å². The molecule has 0 spiro atoms.